The number of nitrogens with zero attached hydrogens (tertiary/aromatic N) is 1. The van der Waals surface area contributed by atoms with E-state index >= 15 is 0 Å². The Morgan fingerprint density at radius 3 is 2.35 bits per heavy atom. The summed E-state index contributed by atoms with van der Waals surface area (Å²) >= 11 is 0. The molecule has 9 heteroatoms. The number of hydrogen-bond donors (Lipinski definition) is 0. The summed E-state index contributed by atoms with van der Waals surface area (Å²) in [6.07, 6.45) is 0. The molecule has 3 aromatic carbocycles. The maximum absolute atomic E-state index is 13.8. The molecule has 2 aliphatic heterocycles. The van der Waals surface area contributed by atoms with Crippen molar-refractivity contribution in [3.05, 3.63) is 87.3 Å². The molecule has 37 heavy (non-hydrogen) atoms. The number of carbonyl (C=O) groups is 1. The zero-order chi connectivity index (χ0) is 25.7. The number of rotatable bonds is 6. The first kappa shape index (κ1) is 22.8. The van der Waals surface area contributed by atoms with Gasteiger partial charge in [0.2, 0.25) is 18.3 Å². The second-order valence-corrected chi connectivity index (χ2v) is 8.65. The Labute approximate surface area is 211 Å². The summed E-state index contributed by atoms with van der Waals surface area (Å²) in [5.41, 5.74) is 1.77. The van der Waals surface area contributed by atoms with E-state index in [-0.39, 0.29) is 30.1 Å². The molecule has 1 amide bonds. The van der Waals surface area contributed by atoms with Gasteiger partial charge in [0.1, 0.15) is 5.58 Å². The Kier molecular flexibility index (Phi) is 5.40. The number of amides is 1. The lowest BCUT2D eigenvalue weighted by Crippen LogP contribution is -2.29. The van der Waals surface area contributed by atoms with E-state index in [1.54, 1.807) is 47.4 Å². The molecule has 0 saturated heterocycles. The molecule has 2 aliphatic rings. The number of ether oxygens (including phenoxy) is 5. The van der Waals surface area contributed by atoms with E-state index < -0.39 is 11.9 Å². The van der Waals surface area contributed by atoms with Gasteiger partial charge in [0.15, 0.2) is 28.4 Å². The van der Waals surface area contributed by atoms with E-state index in [9.17, 15) is 9.59 Å². The van der Waals surface area contributed by atoms with Crippen LogP contribution in [-0.4, -0.2) is 38.9 Å². The lowest BCUT2D eigenvalue weighted by molar-refractivity contribution is 0.0713. The fourth-order valence-electron chi connectivity index (χ4n) is 4.97. The fraction of sp³-hybridized carbons (Fsp3) is 0.214. The Bertz CT molecular complexity index is 1580. The molecule has 0 spiro atoms. The Morgan fingerprint density at radius 2 is 1.62 bits per heavy atom. The van der Waals surface area contributed by atoms with Crippen LogP contribution in [-0.2, 0) is 6.54 Å². The maximum Gasteiger partial charge on any atom is 0.291 e. The number of para-hydroxylation sites is 1. The maximum atomic E-state index is 13.8. The molecule has 0 bridgehead atoms. The highest BCUT2D eigenvalue weighted by atomic mass is 16.7. The number of fused-ring (bicyclic) bond motifs is 3. The van der Waals surface area contributed by atoms with Gasteiger partial charge >= 0.3 is 0 Å². The lowest BCUT2D eigenvalue weighted by atomic mass is 9.97. The topological polar surface area (TPSA) is 96.7 Å². The largest absolute Gasteiger partial charge is 0.493 e. The number of hydrogen-bond acceptors (Lipinski definition) is 8. The predicted molar refractivity (Wildman–Crippen MR) is 133 cm³/mol. The van der Waals surface area contributed by atoms with Gasteiger partial charge in [-0.2, -0.15) is 0 Å². The third-order valence-electron chi connectivity index (χ3n) is 6.67. The minimum atomic E-state index is -0.762. The van der Waals surface area contributed by atoms with Crippen LogP contribution >= 0.6 is 0 Å². The van der Waals surface area contributed by atoms with E-state index in [1.165, 1.54) is 21.3 Å². The summed E-state index contributed by atoms with van der Waals surface area (Å²) in [6.45, 7) is 0.336. The minimum Gasteiger partial charge on any atom is -0.493 e. The molecule has 6 rings (SSSR count). The molecule has 1 atom stereocenters. The molecule has 0 aliphatic carbocycles. The van der Waals surface area contributed by atoms with E-state index in [0.717, 1.165) is 5.56 Å². The third-order valence-corrected chi connectivity index (χ3v) is 6.67. The molecule has 3 heterocycles. The van der Waals surface area contributed by atoms with Crippen LogP contribution in [0.4, 0.5) is 0 Å². The van der Waals surface area contributed by atoms with Crippen molar-refractivity contribution in [1.29, 1.82) is 0 Å². The summed E-state index contributed by atoms with van der Waals surface area (Å²) in [4.78, 5) is 29.2. The fourth-order valence-corrected chi connectivity index (χ4v) is 4.97. The standard InChI is InChI=1S/C28H23NO8/c1-32-21-11-16(12-22(33-2)26(21)34-3)24-23-25(30)17-6-4-5-7-18(17)37-27(23)28(31)29(24)13-15-8-9-19-20(10-15)36-14-35-19/h4-12,24H,13-14H2,1-3H3. The summed E-state index contributed by atoms with van der Waals surface area (Å²) in [7, 11) is 4.54. The molecule has 188 valence electrons. The van der Waals surface area contributed by atoms with Crippen molar-refractivity contribution >= 4 is 16.9 Å². The Morgan fingerprint density at radius 1 is 0.892 bits per heavy atom. The van der Waals surface area contributed by atoms with Crippen LogP contribution in [0.1, 0.15) is 33.3 Å². The van der Waals surface area contributed by atoms with Crippen molar-refractivity contribution < 1.29 is 32.9 Å². The van der Waals surface area contributed by atoms with E-state index in [4.69, 9.17) is 28.1 Å². The molecule has 0 fully saturated rings. The molecule has 1 unspecified atom stereocenters. The van der Waals surface area contributed by atoms with Crippen molar-refractivity contribution in [3.8, 4) is 28.7 Å². The summed E-state index contributed by atoms with van der Waals surface area (Å²) < 4.78 is 33.6. The second-order valence-electron chi connectivity index (χ2n) is 8.65. The molecule has 4 aromatic rings. The van der Waals surface area contributed by atoms with Crippen molar-refractivity contribution in [3.63, 3.8) is 0 Å². The van der Waals surface area contributed by atoms with Crippen molar-refractivity contribution in [2.75, 3.05) is 28.1 Å². The van der Waals surface area contributed by atoms with E-state index in [0.29, 0.717) is 45.3 Å². The van der Waals surface area contributed by atoms with Crippen LogP contribution in [0.15, 0.2) is 63.8 Å². The summed E-state index contributed by atoms with van der Waals surface area (Å²) in [6, 6.07) is 15.1. The molecular formula is C28H23NO8. The van der Waals surface area contributed by atoms with Crippen molar-refractivity contribution in [2.45, 2.75) is 12.6 Å². The van der Waals surface area contributed by atoms with Crippen LogP contribution < -0.4 is 29.1 Å². The van der Waals surface area contributed by atoms with Gasteiger partial charge in [-0.05, 0) is 47.5 Å². The zero-order valence-corrected chi connectivity index (χ0v) is 20.4. The first-order chi connectivity index (χ1) is 18.0. The van der Waals surface area contributed by atoms with Gasteiger partial charge in [0.25, 0.3) is 5.91 Å². The monoisotopic (exact) mass is 501 g/mol. The van der Waals surface area contributed by atoms with Crippen LogP contribution in [0, 0.1) is 0 Å². The molecule has 0 saturated carbocycles. The predicted octanol–water partition coefficient (Wildman–Crippen LogP) is 4.29. The highest BCUT2D eigenvalue weighted by molar-refractivity contribution is 5.99. The third kappa shape index (κ3) is 3.54. The van der Waals surface area contributed by atoms with Gasteiger partial charge in [0, 0.05) is 6.54 Å². The quantitative estimate of drug-likeness (QED) is 0.386. The molecule has 0 radical (unpaired) electrons. The van der Waals surface area contributed by atoms with Gasteiger partial charge in [-0.3, -0.25) is 9.59 Å². The normalized spacial score (nSPS) is 15.7. The smallest absolute Gasteiger partial charge is 0.291 e. The summed E-state index contributed by atoms with van der Waals surface area (Å²) in [5, 5.41) is 0.399. The van der Waals surface area contributed by atoms with Crippen LogP contribution in [0.3, 0.4) is 0 Å². The van der Waals surface area contributed by atoms with E-state index in [2.05, 4.69) is 0 Å². The molecule has 0 N–H and O–H groups in total. The molecular weight excluding hydrogens is 478 g/mol. The van der Waals surface area contributed by atoms with Gasteiger partial charge in [0.05, 0.1) is 38.3 Å². The first-order valence-electron chi connectivity index (χ1n) is 11.6. The van der Waals surface area contributed by atoms with Crippen LogP contribution in [0.25, 0.3) is 11.0 Å². The van der Waals surface area contributed by atoms with Gasteiger partial charge < -0.3 is 33.0 Å². The van der Waals surface area contributed by atoms with Gasteiger partial charge in [-0.15, -0.1) is 0 Å². The Balaban J connectivity index is 1.56. The lowest BCUT2D eigenvalue weighted by Gasteiger charge is -2.26. The number of benzene rings is 3. The highest BCUT2D eigenvalue weighted by Crippen LogP contribution is 2.45. The number of carbonyl (C=O) groups excluding carboxylic acids is 1. The first-order valence-corrected chi connectivity index (χ1v) is 11.6. The average Bonchev–Trinajstić information content (AvgIpc) is 3.50. The Hall–Kier alpha value is -4.66. The zero-order valence-electron chi connectivity index (χ0n) is 20.4. The average molecular weight is 501 g/mol. The number of methoxy groups -OCH3 is 3. The molecule has 9 nitrogen and oxygen atoms in total. The van der Waals surface area contributed by atoms with Crippen molar-refractivity contribution in [2.24, 2.45) is 0 Å². The minimum absolute atomic E-state index is 0.0168. The molecule has 1 aromatic heterocycles. The summed E-state index contributed by atoms with van der Waals surface area (Å²) in [5.74, 6) is 2.09. The van der Waals surface area contributed by atoms with E-state index in [1.807, 2.05) is 12.1 Å². The second kappa shape index (κ2) is 8.77. The van der Waals surface area contributed by atoms with Gasteiger partial charge in [-0.25, -0.2) is 0 Å². The highest BCUT2D eigenvalue weighted by Gasteiger charge is 2.43. The SMILES string of the molecule is COc1cc(C2c3c(oc4ccccc4c3=O)C(=O)N2Cc2ccc3c(c2)OCO3)cc(OC)c1OC. The van der Waals surface area contributed by atoms with Crippen LogP contribution in [0.2, 0.25) is 0 Å². The van der Waals surface area contributed by atoms with Crippen molar-refractivity contribution in [1.82, 2.24) is 4.90 Å². The van der Waals surface area contributed by atoms with Gasteiger partial charge in [-0.1, -0.05) is 18.2 Å². The van der Waals surface area contributed by atoms with Crippen LogP contribution in [0.5, 0.6) is 28.7 Å².